The fourth-order valence-corrected chi connectivity index (χ4v) is 5.60. The molecule has 160 valence electrons. The molecule has 1 amide bonds. The van der Waals surface area contributed by atoms with Crippen molar-refractivity contribution < 1.29 is 9.69 Å². The first kappa shape index (κ1) is 21.7. The van der Waals surface area contributed by atoms with E-state index in [-0.39, 0.29) is 17.9 Å². The predicted molar refractivity (Wildman–Crippen MR) is 123 cm³/mol. The molecular formula is C25H31Cl2N2O+. The van der Waals surface area contributed by atoms with E-state index in [1.165, 1.54) is 36.9 Å². The Morgan fingerprint density at radius 2 is 1.73 bits per heavy atom. The molecule has 1 aliphatic heterocycles. The lowest BCUT2D eigenvalue weighted by molar-refractivity contribution is -0.916. The minimum absolute atomic E-state index is 0.0272. The van der Waals surface area contributed by atoms with Gasteiger partial charge < -0.3 is 10.2 Å². The summed E-state index contributed by atoms with van der Waals surface area (Å²) in [5, 5.41) is 4.74. The lowest BCUT2D eigenvalue weighted by Gasteiger charge is -2.27. The van der Waals surface area contributed by atoms with Crippen LogP contribution in [-0.2, 0) is 11.2 Å². The maximum absolute atomic E-state index is 12.7. The molecule has 1 saturated heterocycles. The van der Waals surface area contributed by atoms with Crippen LogP contribution in [0.3, 0.4) is 0 Å². The summed E-state index contributed by atoms with van der Waals surface area (Å²) in [5.74, 6) is 1.23. The molecule has 2 N–H and O–H groups in total. The minimum Gasteiger partial charge on any atom is -0.353 e. The van der Waals surface area contributed by atoms with Gasteiger partial charge in [0.1, 0.15) is 0 Å². The van der Waals surface area contributed by atoms with Gasteiger partial charge in [0.2, 0.25) is 5.91 Å². The van der Waals surface area contributed by atoms with Crippen LogP contribution in [0.15, 0.2) is 48.5 Å². The van der Waals surface area contributed by atoms with Crippen LogP contribution >= 0.6 is 23.2 Å². The van der Waals surface area contributed by atoms with Crippen molar-refractivity contribution in [3.8, 4) is 0 Å². The zero-order valence-electron chi connectivity index (χ0n) is 17.5. The first-order valence-electron chi connectivity index (χ1n) is 11.1. The first-order chi connectivity index (χ1) is 14.5. The molecule has 5 unspecified atom stereocenters. The first-order valence-corrected chi connectivity index (χ1v) is 11.9. The molecule has 0 radical (unpaired) electrons. The van der Waals surface area contributed by atoms with Crippen molar-refractivity contribution in [2.75, 3.05) is 13.1 Å². The van der Waals surface area contributed by atoms with Gasteiger partial charge in [0.05, 0.1) is 25.6 Å². The van der Waals surface area contributed by atoms with Crippen molar-refractivity contribution in [2.45, 2.75) is 57.0 Å². The van der Waals surface area contributed by atoms with E-state index >= 15 is 0 Å². The van der Waals surface area contributed by atoms with Gasteiger partial charge in [0, 0.05) is 34.3 Å². The molecule has 2 fully saturated rings. The summed E-state index contributed by atoms with van der Waals surface area (Å²) in [6, 6.07) is 16.8. The number of quaternary nitrogens is 1. The third-order valence-electron chi connectivity index (χ3n) is 7.00. The monoisotopic (exact) mass is 445 g/mol. The number of carbonyl (C=O) groups is 1. The average Bonchev–Trinajstić information content (AvgIpc) is 3.36. The minimum atomic E-state index is 0.0272. The van der Waals surface area contributed by atoms with Gasteiger partial charge >= 0.3 is 0 Å². The number of piperidine rings is 1. The molecule has 2 aromatic carbocycles. The summed E-state index contributed by atoms with van der Waals surface area (Å²) >= 11 is 12.2. The van der Waals surface area contributed by atoms with Gasteiger partial charge in [0.25, 0.3) is 0 Å². The number of fused-ring (bicyclic) bond motifs is 2. The Hall–Kier alpha value is -1.55. The summed E-state index contributed by atoms with van der Waals surface area (Å²) < 4.78 is 0. The number of rotatable bonds is 8. The second-order valence-corrected chi connectivity index (χ2v) is 9.96. The Balaban J connectivity index is 1.39. The maximum Gasteiger partial charge on any atom is 0.225 e. The van der Waals surface area contributed by atoms with Crippen LogP contribution in [0.4, 0.5) is 0 Å². The molecular weight excluding hydrogens is 415 g/mol. The average molecular weight is 446 g/mol. The Labute approximate surface area is 189 Å². The SMILES string of the molecule is CC(NC(=O)CC[NH+]1CC2CCC1C2)C(Cc1ccc(Cl)cc1)c1ccc(Cl)cc1. The van der Waals surface area contributed by atoms with Crippen LogP contribution in [0.25, 0.3) is 0 Å². The number of likely N-dealkylation sites (tertiary alicyclic amines) is 1. The van der Waals surface area contributed by atoms with Crippen molar-refractivity contribution in [1.82, 2.24) is 5.32 Å². The van der Waals surface area contributed by atoms with Crippen LogP contribution < -0.4 is 10.2 Å². The van der Waals surface area contributed by atoms with Gasteiger partial charge in [-0.15, -0.1) is 0 Å². The number of nitrogens with one attached hydrogen (secondary N) is 2. The number of halogens is 2. The van der Waals surface area contributed by atoms with Gasteiger partial charge in [-0.1, -0.05) is 47.5 Å². The third kappa shape index (κ3) is 5.38. The number of hydrogen-bond acceptors (Lipinski definition) is 1. The van der Waals surface area contributed by atoms with E-state index in [0.717, 1.165) is 35.0 Å². The van der Waals surface area contributed by atoms with E-state index < -0.39 is 0 Å². The zero-order chi connectivity index (χ0) is 21.1. The van der Waals surface area contributed by atoms with Crippen molar-refractivity contribution in [2.24, 2.45) is 5.92 Å². The molecule has 2 aromatic rings. The molecule has 5 heteroatoms. The Morgan fingerprint density at radius 3 is 2.33 bits per heavy atom. The quantitative estimate of drug-likeness (QED) is 0.624. The fraction of sp³-hybridized carbons (Fsp3) is 0.480. The zero-order valence-corrected chi connectivity index (χ0v) is 19.1. The van der Waals surface area contributed by atoms with Crippen LogP contribution in [0.1, 0.15) is 49.7 Å². The van der Waals surface area contributed by atoms with E-state index in [1.807, 2.05) is 24.3 Å². The normalized spacial score (nSPS) is 24.6. The highest BCUT2D eigenvalue weighted by atomic mass is 35.5. The standard InChI is InChI=1S/C25H30Cl2N2O/c1-17(28-25(30)12-13-29-16-19-4-11-23(29)14-19)24(20-5-9-22(27)10-6-20)15-18-2-7-21(26)8-3-18/h2-3,5-10,17,19,23-24H,4,11-16H2,1H3,(H,28,30)/p+1. The van der Waals surface area contributed by atoms with Crippen LogP contribution in [0.5, 0.6) is 0 Å². The summed E-state index contributed by atoms with van der Waals surface area (Å²) in [5.41, 5.74) is 2.39. The molecule has 2 aliphatic rings. The molecule has 30 heavy (non-hydrogen) atoms. The van der Waals surface area contributed by atoms with E-state index in [4.69, 9.17) is 23.2 Å². The predicted octanol–water partition coefficient (Wildman–Crippen LogP) is 4.28. The molecule has 1 aliphatic carbocycles. The van der Waals surface area contributed by atoms with E-state index in [0.29, 0.717) is 6.42 Å². The lowest BCUT2D eigenvalue weighted by Crippen LogP contribution is -3.14. The molecule has 0 aromatic heterocycles. The molecule has 5 atom stereocenters. The van der Waals surface area contributed by atoms with Crippen LogP contribution in [0, 0.1) is 5.92 Å². The second kappa shape index (κ2) is 9.72. The van der Waals surface area contributed by atoms with Crippen LogP contribution in [0.2, 0.25) is 10.0 Å². The van der Waals surface area contributed by atoms with Gasteiger partial charge in [0.15, 0.2) is 0 Å². The van der Waals surface area contributed by atoms with Crippen LogP contribution in [-0.4, -0.2) is 31.1 Å². The van der Waals surface area contributed by atoms with Gasteiger partial charge in [-0.2, -0.15) is 0 Å². The molecule has 1 saturated carbocycles. The Morgan fingerprint density at radius 1 is 1.07 bits per heavy atom. The van der Waals surface area contributed by atoms with Crippen molar-refractivity contribution >= 4 is 29.1 Å². The van der Waals surface area contributed by atoms with Gasteiger partial charge in [-0.25, -0.2) is 0 Å². The number of hydrogen-bond donors (Lipinski definition) is 2. The lowest BCUT2D eigenvalue weighted by atomic mass is 9.86. The summed E-state index contributed by atoms with van der Waals surface area (Å²) in [7, 11) is 0. The fourth-order valence-electron chi connectivity index (χ4n) is 5.34. The summed E-state index contributed by atoms with van der Waals surface area (Å²) in [6.45, 7) is 4.33. The van der Waals surface area contributed by atoms with Gasteiger partial charge in [-0.05, 0) is 61.6 Å². The molecule has 3 nitrogen and oxygen atoms in total. The highest BCUT2D eigenvalue weighted by Gasteiger charge is 2.41. The molecule has 4 rings (SSSR count). The molecule has 1 heterocycles. The largest absolute Gasteiger partial charge is 0.353 e. The third-order valence-corrected chi connectivity index (χ3v) is 7.51. The topological polar surface area (TPSA) is 33.5 Å². The van der Waals surface area contributed by atoms with Crippen molar-refractivity contribution in [1.29, 1.82) is 0 Å². The molecule has 0 spiro atoms. The molecule has 2 bridgehead atoms. The van der Waals surface area contributed by atoms with Crippen molar-refractivity contribution in [3.05, 3.63) is 69.7 Å². The Bertz CT molecular complexity index is 852. The van der Waals surface area contributed by atoms with E-state index in [1.54, 1.807) is 4.90 Å². The maximum atomic E-state index is 12.7. The highest BCUT2D eigenvalue weighted by molar-refractivity contribution is 6.30. The summed E-state index contributed by atoms with van der Waals surface area (Å²) in [4.78, 5) is 14.4. The number of carbonyl (C=O) groups excluding carboxylic acids is 1. The second-order valence-electron chi connectivity index (χ2n) is 9.08. The number of amides is 1. The number of benzene rings is 2. The van der Waals surface area contributed by atoms with E-state index in [2.05, 4.69) is 36.5 Å². The van der Waals surface area contributed by atoms with E-state index in [9.17, 15) is 4.79 Å². The van der Waals surface area contributed by atoms with Crippen molar-refractivity contribution in [3.63, 3.8) is 0 Å². The smallest absolute Gasteiger partial charge is 0.225 e. The van der Waals surface area contributed by atoms with Gasteiger partial charge in [-0.3, -0.25) is 4.79 Å². The summed E-state index contributed by atoms with van der Waals surface area (Å²) in [6.07, 6.45) is 5.55. The highest BCUT2D eigenvalue weighted by Crippen LogP contribution is 2.28. The Kier molecular flexibility index (Phi) is 7.02.